The van der Waals surface area contributed by atoms with Crippen LogP contribution < -0.4 is 0 Å². The number of aliphatic carboxylic acids is 1. The number of aromatic nitrogens is 1. The van der Waals surface area contributed by atoms with E-state index in [9.17, 15) is 4.79 Å². The van der Waals surface area contributed by atoms with E-state index in [4.69, 9.17) is 51.5 Å². The lowest BCUT2D eigenvalue weighted by molar-refractivity contribution is -0.136. The van der Waals surface area contributed by atoms with Gasteiger partial charge in [-0.2, -0.15) is 0 Å². The van der Waals surface area contributed by atoms with Gasteiger partial charge in [-0.3, -0.25) is 4.79 Å². The zero-order valence-electron chi connectivity index (χ0n) is 9.83. The van der Waals surface area contributed by atoms with Crippen molar-refractivity contribution in [2.75, 3.05) is 0 Å². The van der Waals surface area contributed by atoms with Crippen molar-refractivity contribution in [3.8, 4) is 11.1 Å². The summed E-state index contributed by atoms with van der Waals surface area (Å²) < 4.78 is 0. The van der Waals surface area contributed by atoms with Gasteiger partial charge in [0, 0.05) is 11.1 Å². The molecule has 0 aliphatic heterocycles. The molecule has 1 N–H and O–H groups in total. The maximum absolute atomic E-state index is 10.9. The van der Waals surface area contributed by atoms with Crippen molar-refractivity contribution in [1.29, 1.82) is 0 Å². The van der Waals surface area contributed by atoms with Gasteiger partial charge in [0.15, 0.2) is 0 Å². The number of hydrogen-bond acceptors (Lipinski definition) is 2. The van der Waals surface area contributed by atoms with Crippen LogP contribution >= 0.6 is 46.4 Å². The molecular formula is C13H7Cl4NO2. The number of carbonyl (C=O) groups is 1. The monoisotopic (exact) mass is 349 g/mol. The first-order valence-corrected chi connectivity index (χ1v) is 6.92. The summed E-state index contributed by atoms with van der Waals surface area (Å²) in [6, 6.07) is 6.31. The Hall–Kier alpha value is -1.000. The van der Waals surface area contributed by atoms with Crippen LogP contribution in [-0.2, 0) is 11.2 Å². The van der Waals surface area contributed by atoms with E-state index < -0.39 is 5.97 Å². The fraction of sp³-hybridized carbons (Fsp3) is 0.0769. The van der Waals surface area contributed by atoms with Crippen LogP contribution in [-0.4, -0.2) is 16.1 Å². The molecule has 0 atom stereocenters. The van der Waals surface area contributed by atoms with Crippen molar-refractivity contribution in [1.82, 2.24) is 4.98 Å². The highest BCUT2D eigenvalue weighted by atomic mass is 35.5. The van der Waals surface area contributed by atoms with Crippen LogP contribution in [0, 0.1) is 0 Å². The van der Waals surface area contributed by atoms with E-state index in [1.165, 1.54) is 6.07 Å². The molecule has 2 aromatic rings. The summed E-state index contributed by atoms with van der Waals surface area (Å²) in [5.41, 5.74) is 1.21. The maximum atomic E-state index is 10.9. The number of halogens is 4. The van der Waals surface area contributed by atoms with Gasteiger partial charge in [0.1, 0.15) is 5.15 Å². The number of benzene rings is 1. The quantitative estimate of drug-likeness (QED) is 0.626. The molecule has 20 heavy (non-hydrogen) atoms. The Morgan fingerprint density at radius 2 is 1.70 bits per heavy atom. The lowest BCUT2D eigenvalue weighted by Crippen LogP contribution is -2.05. The van der Waals surface area contributed by atoms with E-state index >= 15 is 0 Å². The molecule has 0 aliphatic rings. The van der Waals surface area contributed by atoms with Crippen LogP contribution in [0.25, 0.3) is 11.1 Å². The molecule has 7 heteroatoms. The molecule has 0 amide bonds. The summed E-state index contributed by atoms with van der Waals surface area (Å²) in [6.45, 7) is 0. The second-order valence-corrected chi connectivity index (χ2v) is 5.50. The van der Waals surface area contributed by atoms with E-state index in [1.807, 2.05) is 0 Å². The summed E-state index contributed by atoms with van der Waals surface area (Å²) in [5.74, 6) is -1.03. The second-order valence-electron chi connectivity index (χ2n) is 3.92. The number of hydrogen-bond donors (Lipinski definition) is 1. The van der Waals surface area contributed by atoms with Gasteiger partial charge >= 0.3 is 5.97 Å². The van der Waals surface area contributed by atoms with E-state index in [0.717, 1.165) is 0 Å². The lowest BCUT2D eigenvalue weighted by atomic mass is 10.0. The summed E-state index contributed by atoms with van der Waals surface area (Å²) in [6.07, 6.45) is -0.297. The van der Waals surface area contributed by atoms with E-state index in [1.54, 1.807) is 18.2 Å². The van der Waals surface area contributed by atoms with Crippen LogP contribution in [0.2, 0.25) is 20.2 Å². The largest absolute Gasteiger partial charge is 0.481 e. The van der Waals surface area contributed by atoms with E-state index in [-0.39, 0.29) is 22.3 Å². The Kier molecular flexibility index (Phi) is 4.76. The first-order valence-electron chi connectivity index (χ1n) is 5.41. The Balaban J connectivity index is 2.69. The van der Waals surface area contributed by atoms with Crippen molar-refractivity contribution in [2.45, 2.75) is 6.42 Å². The van der Waals surface area contributed by atoms with Crippen LogP contribution in [0.4, 0.5) is 0 Å². The minimum Gasteiger partial charge on any atom is -0.481 e. The minimum atomic E-state index is -1.03. The van der Waals surface area contributed by atoms with Gasteiger partial charge in [-0.25, -0.2) is 4.98 Å². The second kappa shape index (κ2) is 6.19. The first-order chi connectivity index (χ1) is 9.40. The minimum absolute atomic E-state index is 0.194. The van der Waals surface area contributed by atoms with Gasteiger partial charge in [-0.05, 0) is 24.3 Å². The Morgan fingerprint density at radius 3 is 2.35 bits per heavy atom. The van der Waals surface area contributed by atoms with Crippen LogP contribution in [0.3, 0.4) is 0 Å². The molecule has 3 nitrogen and oxygen atoms in total. The van der Waals surface area contributed by atoms with Gasteiger partial charge in [0.05, 0.1) is 27.2 Å². The third-order valence-electron chi connectivity index (χ3n) is 2.57. The van der Waals surface area contributed by atoms with E-state index in [0.29, 0.717) is 21.2 Å². The molecule has 0 fully saturated rings. The zero-order valence-corrected chi connectivity index (χ0v) is 12.9. The predicted octanol–water partition coefficient (Wildman–Crippen LogP) is 4.99. The maximum Gasteiger partial charge on any atom is 0.309 e. The highest BCUT2D eigenvalue weighted by Gasteiger charge is 2.18. The topological polar surface area (TPSA) is 50.2 Å². The summed E-state index contributed by atoms with van der Waals surface area (Å²) >= 11 is 24.1. The molecule has 0 aliphatic carbocycles. The summed E-state index contributed by atoms with van der Waals surface area (Å²) in [7, 11) is 0. The van der Waals surface area contributed by atoms with E-state index in [2.05, 4.69) is 4.98 Å². The third kappa shape index (κ3) is 3.18. The number of carboxylic acid groups (broad SMARTS) is 1. The predicted molar refractivity (Wildman–Crippen MR) is 81.1 cm³/mol. The molecule has 0 bridgehead atoms. The molecule has 0 spiro atoms. The van der Waals surface area contributed by atoms with Crippen molar-refractivity contribution >= 4 is 52.4 Å². The highest BCUT2D eigenvalue weighted by Crippen LogP contribution is 2.40. The summed E-state index contributed by atoms with van der Waals surface area (Å²) in [5, 5.41) is 10.1. The number of rotatable bonds is 3. The van der Waals surface area contributed by atoms with Gasteiger partial charge in [0.2, 0.25) is 0 Å². The Morgan fingerprint density at radius 1 is 1.05 bits per heavy atom. The number of nitrogens with zero attached hydrogens (tertiary/aromatic N) is 1. The third-order valence-corrected chi connectivity index (χ3v) is 3.90. The fourth-order valence-electron chi connectivity index (χ4n) is 1.75. The molecule has 1 heterocycles. The average molecular weight is 351 g/mol. The SMILES string of the molecule is O=C(O)Cc1nc(Cl)ccc1-c1c(Cl)ccc(Cl)c1Cl. The van der Waals surface area contributed by atoms with Crippen molar-refractivity contribution < 1.29 is 9.90 Å². The Bertz CT molecular complexity index is 688. The highest BCUT2D eigenvalue weighted by molar-refractivity contribution is 6.46. The van der Waals surface area contributed by atoms with Crippen LogP contribution in [0.15, 0.2) is 24.3 Å². The smallest absolute Gasteiger partial charge is 0.309 e. The molecule has 0 radical (unpaired) electrons. The molecule has 0 saturated carbocycles. The molecule has 2 rings (SSSR count). The van der Waals surface area contributed by atoms with Crippen LogP contribution in [0.5, 0.6) is 0 Å². The molecule has 1 aromatic heterocycles. The zero-order chi connectivity index (χ0) is 14.9. The van der Waals surface area contributed by atoms with Crippen molar-refractivity contribution in [3.05, 3.63) is 50.2 Å². The Labute approximate surface area is 135 Å². The first kappa shape index (κ1) is 15.4. The summed E-state index contributed by atoms with van der Waals surface area (Å²) in [4.78, 5) is 15.0. The van der Waals surface area contributed by atoms with Gasteiger partial charge < -0.3 is 5.11 Å². The fourth-order valence-corrected chi connectivity index (χ4v) is 2.65. The number of carboxylic acids is 1. The molecule has 0 unspecified atom stereocenters. The van der Waals surface area contributed by atoms with Gasteiger partial charge in [-0.1, -0.05) is 46.4 Å². The normalized spacial score (nSPS) is 10.6. The number of pyridine rings is 1. The van der Waals surface area contributed by atoms with Gasteiger partial charge in [0.25, 0.3) is 0 Å². The standard InChI is InChI=1S/C13H7Cl4NO2/c14-7-2-3-8(15)13(17)12(7)6-1-4-10(16)18-9(6)5-11(19)20/h1-4H,5H2,(H,19,20). The van der Waals surface area contributed by atoms with Crippen molar-refractivity contribution in [3.63, 3.8) is 0 Å². The molecule has 104 valence electrons. The van der Waals surface area contributed by atoms with Crippen LogP contribution in [0.1, 0.15) is 5.69 Å². The average Bonchev–Trinajstić information content (AvgIpc) is 2.36. The molecule has 1 aromatic carbocycles. The lowest BCUT2D eigenvalue weighted by Gasteiger charge is -2.12. The van der Waals surface area contributed by atoms with Gasteiger partial charge in [-0.15, -0.1) is 0 Å². The molecular weight excluding hydrogens is 344 g/mol. The molecule has 0 saturated heterocycles. The van der Waals surface area contributed by atoms with Crippen molar-refractivity contribution in [2.24, 2.45) is 0 Å².